The Kier molecular flexibility index (Phi) is 6.57. The summed E-state index contributed by atoms with van der Waals surface area (Å²) in [5.41, 5.74) is 2.69. The second-order valence-electron chi connectivity index (χ2n) is 5.85. The van der Waals surface area contributed by atoms with Crippen molar-refractivity contribution in [2.24, 2.45) is 5.92 Å². The van der Waals surface area contributed by atoms with Gasteiger partial charge in [-0.15, -0.1) is 0 Å². The number of anilines is 2. The zero-order valence-corrected chi connectivity index (χ0v) is 14.1. The summed E-state index contributed by atoms with van der Waals surface area (Å²) in [7, 11) is 3.93. The summed E-state index contributed by atoms with van der Waals surface area (Å²) < 4.78 is 0. The molecule has 0 spiro atoms. The van der Waals surface area contributed by atoms with Gasteiger partial charge < -0.3 is 20.6 Å². The molecule has 2 amide bonds. The van der Waals surface area contributed by atoms with E-state index in [2.05, 4.69) is 15.6 Å². The molecule has 0 aliphatic heterocycles. The van der Waals surface area contributed by atoms with Gasteiger partial charge in [0.05, 0.1) is 0 Å². The summed E-state index contributed by atoms with van der Waals surface area (Å²) in [4.78, 5) is 18.2. The molecular weight excluding hydrogens is 304 g/mol. The van der Waals surface area contributed by atoms with Crippen LogP contribution in [0.1, 0.15) is 5.69 Å². The van der Waals surface area contributed by atoms with E-state index in [0.29, 0.717) is 13.0 Å². The zero-order chi connectivity index (χ0) is 17.4. The lowest BCUT2D eigenvalue weighted by atomic mass is 10.0. The Hall–Kier alpha value is -2.60. The van der Waals surface area contributed by atoms with E-state index in [1.807, 2.05) is 61.5 Å². The molecule has 1 atom stereocenters. The maximum atomic E-state index is 12.0. The Morgan fingerprint density at radius 3 is 2.54 bits per heavy atom. The van der Waals surface area contributed by atoms with E-state index >= 15 is 0 Å². The second kappa shape index (κ2) is 8.88. The van der Waals surface area contributed by atoms with Gasteiger partial charge in [0, 0.05) is 56.4 Å². The maximum Gasteiger partial charge on any atom is 0.319 e. The molecule has 0 aliphatic rings. The monoisotopic (exact) mass is 328 g/mol. The van der Waals surface area contributed by atoms with Gasteiger partial charge in [0.2, 0.25) is 0 Å². The Balaban J connectivity index is 1.80. The largest absolute Gasteiger partial charge is 0.396 e. The highest BCUT2D eigenvalue weighted by Crippen LogP contribution is 2.15. The number of amides is 2. The number of aliphatic hydroxyl groups excluding tert-OH is 1. The molecule has 1 aromatic carbocycles. The van der Waals surface area contributed by atoms with Crippen LogP contribution in [0, 0.1) is 5.92 Å². The number of aromatic nitrogens is 1. The van der Waals surface area contributed by atoms with Crippen LogP contribution in [0.25, 0.3) is 0 Å². The molecule has 6 heteroatoms. The van der Waals surface area contributed by atoms with Gasteiger partial charge in [0.1, 0.15) is 0 Å². The van der Waals surface area contributed by atoms with E-state index in [-0.39, 0.29) is 18.6 Å². The number of hydrogen-bond donors (Lipinski definition) is 3. The van der Waals surface area contributed by atoms with Crippen LogP contribution in [0.2, 0.25) is 0 Å². The normalized spacial score (nSPS) is 11.6. The third kappa shape index (κ3) is 5.55. The minimum absolute atomic E-state index is 0.00557. The van der Waals surface area contributed by atoms with Gasteiger partial charge in [0.15, 0.2) is 0 Å². The second-order valence-corrected chi connectivity index (χ2v) is 5.85. The Bertz CT molecular complexity index is 629. The lowest BCUT2D eigenvalue weighted by Gasteiger charge is -2.16. The number of nitrogens with zero attached hydrogens (tertiary/aromatic N) is 2. The Morgan fingerprint density at radius 2 is 1.96 bits per heavy atom. The molecule has 1 unspecified atom stereocenters. The summed E-state index contributed by atoms with van der Waals surface area (Å²) in [5, 5.41) is 15.0. The number of pyridine rings is 1. The first kappa shape index (κ1) is 17.7. The number of benzene rings is 1. The molecule has 0 fully saturated rings. The predicted molar refractivity (Wildman–Crippen MR) is 96.3 cm³/mol. The Labute approximate surface area is 142 Å². The average molecular weight is 328 g/mol. The minimum Gasteiger partial charge on any atom is -0.396 e. The van der Waals surface area contributed by atoms with Crippen LogP contribution in [0.4, 0.5) is 16.2 Å². The standard InChI is InChI=1S/C18H24N4O2/c1-22(2)17-8-6-15(7-9-17)21-18(24)20-12-14(13-23)11-16-5-3-4-10-19-16/h3-10,14,23H,11-13H2,1-2H3,(H2,20,21,24). The zero-order valence-electron chi connectivity index (χ0n) is 14.1. The fraction of sp³-hybridized carbons (Fsp3) is 0.333. The number of aliphatic hydroxyl groups is 1. The topological polar surface area (TPSA) is 77.5 Å². The molecule has 0 saturated carbocycles. The van der Waals surface area contributed by atoms with Gasteiger partial charge >= 0.3 is 6.03 Å². The van der Waals surface area contributed by atoms with E-state index < -0.39 is 0 Å². The molecule has 1 heterocycles. The summed E-state index contributed by atoms with van der Waals surface area (Å²) in [6, 6.07) is 13.0. The van der Waals surface area contributed by atoms with Crippen molar-refractivity contribution >= 4 is 17.4 Å². The minimum atomic E-state index is -0.285. The molecule has 6 nitrogen and oxygen atoms in total. The number of carbonyl (C=O) groups is 1. The fourth-order valence-electron chi connectivity index (χ4n) is 2.27. The van der Waals surface area contributed by atoms with Crippen LogP contribution in [-0.2, 0) is 6.42 Å². The van der Waals surface area contributed by atoms with E-state index in [1.54, 1.807) is 6.20 Å². The number of rotatable bonds is 7. The molecule has 0 radical (unpaired) electrons. The van der Waals surface area contributed by atoms with Crippen LogP contribution >= 0.6 is 0 Å². The fourth-order valence-corrected chi connectivity index (χ4v) is 2.27. The highest BCUT2D eigenvalue weighted by Gasteiger charge is 2.11. The van der Waals surface area contributed by atoms with Crippen molar-refractivity contribution in [1.82, 2.24) is 10.3 Å². The van der Waals surface area contributed by atoms with Crippen LogP contribution in [-0.4, -0.2) is 43.4 Å². The summed E-state index contributed by atoms with van der Waals surface area (Å²) >= 11 is 0. The average Bonchev–Trinajstić information content (AvgIpc) is 2.60. The van der Waals surface area contributed by atoms with Crippen LogP contribution in [0.5, 0.6) is 0 Å². The quantitative estimate of drug-likeness (QED) is 0.727. The first-order valence-electron chi connectivity index (χ1n) is 7.91. The van der Waals surface area contributed by atoms with Gasteiger partial charge in [0.25, 0.3) is 0 Å². The smallest absolute Gasteiger partial charge is 0.319 e. The van der Waals surface area contributed by atoms with Gasteiger partial charge in [-0.1, -0.05) is 6.07 Å². The number of carbonyl (C=O) groups excluding carboxylic acids is 1. The first-order chi connectivity index (χ1) is 11.6. The van der Waals surface area contributed by atoms with Crippen molar-refractivity contribution in [3.8, 4) is 0 Å². The molecule has 1 aromatic heterocycles. The predicted octanol–water partition coefficient (Wildman–Crippen LogP) is 2.12. The van der Waals surface area contributed by atoms with E-state index in [9.17, 15) is 9.90 Å². The van der Waals surface area contributed by atoms with Gasteiger partial charge in [-0.3, -0.25) is 4.98 Å². The molecule has 2 rings (SSSR count). The SMILES string of the molecule is CN(C)c1ccc(NC(=O)NCC(CO)Cc2ccccn2)cc1. The third-order valence-corrected chi connectivity index (χ3v) is 3.68. The number of urea groups is 1. The molecule has 2 aromatic rings. The molecule has 0 aliphatic carbocycles. The van der Waals surface area contributed by atoms with Crippen LogP contribution < -0.4 is 15.5 Å². The van der Waals surface area contributed by atoms with Gasteiger partial charge in [-0.05, 0) is 42.8 Å². The van der Waals surface area contributed by atoms with E-state index in [4.69, 9.17) is 0 Å². The van der Waals surface area contributed by atoms with Crippen molar-refractivity contribution in [2.45, 2.75) is 6.42 Å². The molecule has 3 N–H and O–H groups in total. The lowest BCUT2D eigenvalue weighted by Crippen LogP contribution is -2.35. The molecule has 24 heavy (non-hydrogen) atoms. The van der Waals surface area contributed by atoms with Gasteiger partial charge in [-0.2, -0.15) is 0 Å². The van der Waals surface area contributed by atoms with Crippen molar-refractivity contribution in [3.63, 3.8) is 0 Å². The number of nitrogens with one attached hydrogen (secondary N) is 2. The van der Waals surface area contributed by atoms with Gasteiger partial charge in [-0.25, -0.2) is 4.79 Å². The van der Waals surface area contributed by atoms with E-state index in [0.717, 1.165) is 17.1 Å². The van der Waals surface area contributed by atoms with Crippen LogP contribution in [0.15, 0.2) is 48.7 Å². The molecular formula is C18H24N4O2. The summed E-state index contributed by atoms with van der Waals surface area (Å²) in [5.74, 6) is -0.0678. The summed E-state index contributed by atoms with van der Waals surface area (Å²) in [6.07, 6.45) is 2.34. The highest BCUT2D eigenvalue weighted by molar-refractivity contribution is 5.89. The lowest BCUT2D eigenvalue weighted by molar-refractivity contribution is 0.217. The van der Waals surface area contributed by atoms with Crippen molar-refractivity contribution in [3.05, 3.63) is 54.4 Å². The highest BCUT2D eigenvalue weighted by atomic mass is 16.3. The molecule has 128 valence electrons. The van der Waals surface area contributed by atoms with E-state index in [1.165, 1.54) is 0 Å². The molecule has 0 bridgehead atoms. The summed E-state index contributed by atoms with van der Waals surface area (Å²) in [6.45, 7) is 0.378. The molecule has 0 saturated heterocycles. The van der Waals surface area contributed by atoms with Crippen molar-refractivity contribution in [2.75, 3.05) is 37.5 Å². The van der Waals surface area contributed by atoms with Crippen LogP contribution in [0.3, 0.4) is 0 Å². The van der Waals surface area contributed by atoms with Crippen molar-refractivity contribution in [1.29, 1.82) is 0 Å². The first-order valence-corrected chi connectivity index (χ1v) is 7.91. The Morgan fingerprint density at radius 1 is 1.21 bits per heavy atom. The van der Waals surface area contributed by atoms with Crippen molar-refractivity contribution < 1.29 is 9.90 Å². The third-order valence-electron chi connectivity index (χ3n) is 3.68. The number of hydrogen-bond acceptors (Lipinski definition) is 4. The maximum absolute atomic E-state index is 12.0.